The van der Waals surface area contributed by atoms with Crippen LogP contribution in [0.4, 0.5) is 0 Å². The van der Waals surface area contributed by atoms with Crippen molar-refractivity contribution in [2.24, 2.45) is 0 Å². The molecule has 7 nitrogen and oxygen atoms in total. The van der Waals surface area contributed by atoms with Gasteiger partial charge in [-0.2, -0.15) is 10.1 Å². The van der Waals surface area contributed by atoms with Crippen LogP contribution < -0.4 is 4.74 Å². The van der Waals surface area contributed by atoms with Crippen LogP contribution in [-0.4, -0.2) is 44.5 Å². The summed E-state index contributed by atoms with van der Waals surface area (Å²) < 4.78 is 7.07. The Morgan fingerprint density at radius 2 is 2.04 bits per heavy atom. The van der Waals surface area contributed by atoms with Crippen LogP contribution in [0.25, 0.3) is 5.78 Å². The molecule has 3 rings (SSSR count). The molecule has 26 heavy (non-hydrogen) atoms. The summed E-state index contributed by atoms with van der Waals surface area (Å²) in [5.74, 6) is 1.46. The van der Waals surface area contributed by atoms with Gasteiger partial charge in [0, 0.05) is 37.0 Å². The third-order valence-corrected chi connectivity index (χ3v) is 4.60. The third-order valence-electron chi connectivity index (χ3n) is 4.60. The van der Waals surface area contributed by atoms with Gasteiger partial charge in [0.25, 0.3) is 5.78 Å². The van der Waals surface area contributed by atoms with Gasteiger partial charge < -0.3 is 9.64 Å². The number of carbonyl (C=O) groups is 1. The number of hydrogen-bond donors (Lipinski definition) is 0. The van der Waals surface area contributed by atoms with Crippen LogP contribution in [0.15, 0.2) is 30.6 Å². The van der Waals surface area contributed by atoms with Crippen LogP contribution in [0.3, 0.4) is 0 Å². The Bertz CT molecular complexity index is 935. The van der Waals surface area contributed by atoms with Gasteiger partial charge in [0.15, 0.2) is 0 Å². The second kappa shape index (κ2) is 7.51. The van der Waals surface area contributed by atoms with Crippen LogP contribution >= 0.6 is 0 Å². The summed E-state index contributed by atoms with van der Waals surface area (Å²) in [6.07, 6.45) is 2.52. The lowest BCUT2D eigenvalue weighted by molar-refractivity contribution is -0.130. The first kappa shape index (κ1) is 17.8. The molecule has 0 saturated heterocycles. The summed E-state index contributed by atoms with van der Waals surface area (Å²) in [5, 5.41) is 4.19. The van der Waals surface area contributed by atoms with Crippen LogP contribution in [0.2, 0.25) is 0 Å². The van der Waals surface area contributed by atoms with E-state index in [1.165, 1.54) is 6.33 Å². The van der Waals surface area contributed by atoms with E-state index in [1.54, 1.807) is 16.5 Å². The molecule has 0 bridgehead atoms. The second-order valence-electron chi connectivity index (χ2n) is 6.29. The number of fused-ring (bicyclic) bond motifs is 1. The summed E-state index contributed by atoms with van der Waals surface area (Å²) in [5.41, 5.74) is 3.90. The van der Waals surface area contributed by atoms with E-state index < -0.39 is 0 Å². The molecular formula is C19H23N5O2. The van der Waals surface area contributed by atoms with Gasteiger partial charge in [-0.1, -0.05) is 18.2 Å². The van der Waals surface area contributed by atoms with Crippen molar-refractivity contribution in [3.63, 3.8) is 0 Å². The lowest BCUT2D eigenvalue weighted by atomic mass is 10.1. The Labute approximate surface area is 152 Å². The van der Waals surface area contributed by atoms with Gasteiger partial charge in [0.05, 0.1) is 7.11 Å². The van der Waals surface area contributed by atoms with Crippen LogP contribution in [0, 0.1) is 13.8 Å². The Kier molecular flexibility index (Phi) is 5.16. The number of benzene rings is 1. The maximum absolute atomic E-state index is 12.6. The summed E-state index contributed by atoms with van der Waals surface area (Å²) >= 11 is 0. The number of rotatable bonds is 6. The minimum atomic E-state index is 0.0772. The van der Waals surface area contributed by atoms with E-state index in [0.29, 0.717) is 25.2 Å². The molecule has 7 heteroatoms. The fourth-order valence-corrected chi connectivity index (χ4v) is 3.12. The summed E-state index contributed by atoms with van der Waals surface area (Å²) in [7, 11) is 3.45. The molecule has 1 amide bonds. The van der Waals surface area contributed by atoms with E-state index >= 15 is 0 Å². The van der Waals surface area contributed by atoms with E-state index in [1.807, 2.05) is 45.2 Å². The van der Waals surface area contributed by atoms with Gasteiger partial charge in [-0.25, -0.2) is 9.50 Å². The fraction of sp³-hybridized carbons (Fsp3) is 0.368. The zero-order valence-corrected chi connectivity index (χ0v) is 15.6. The van der Waals surface area contributed by atoms with Crippen molar-refractivity contribution in [3.8, 4) is 5.75 Å². The summed E-state index contributed by atoms with van der Waals surface area (Å²) in [6.45, 7) is 4.44. The molecular weight excluding hydrogens is 330 g/mol. The molecule has 2 aromatic heterocycles. The highest BCUT2D eigenvalue weighted by Crippen LogP contribution is 2.20. The summed E-state index contributed by atoms with van der Waals surface area (Å²) in [6, 6.07) is 7.74. The average Bonchev–Trinajstić information content (AvgIpc) is 3.10. The highest BCUT2D eigenvalue weighted by molar-refractivity contribution is 5.76. The SMILES string of the molecule is COc1ccccc1CN(C)C(=O)CCc1c(C)nc2ncnn2c1C. The molecule has 2 heterocycles. The minimum absolute atomic E-state index is 0.0772. The van der Waals surface area contributed by atoms with Crippen molar-refractivity contribution in [2.75, 3.05) is 14.2 Å². The number of methoxy groups -OCH3 is 1. The van der Waals surface area contributed by atoms with Gasteiger partial charge >= 0.3 is 0 Å². The zero-order chi connectivity index (χ0) is 18.7. The van der Waals surface area contributed by atoms with Crippen molar-refractivity contribution < 1.29 is 9.53 Å². The normalized spacial score (nSPS) is 10.9. The number of aromatic nitrogens is 4. The highest BCUT2D eigenvalue weighted by atomic mass is 16.5. The minimum Gasteiger partial charge on any atom is -0.496 e. The van der Waals surface area contributed by atoms with Gasteiger partial charge in [-0.15, -0.1) is 0 Å². The maximum Gasteiger partial charge on any atom is 0.252 e. The van der Waals surface area contributed by atoms with Crippen molar-refractivity contribution >= 4 is 11.7 Å². The van der Waals surface area contributed by atoms with E-state index in [4.69, 9.17) is 4.74 Å². The molecule has 0 fully saturated rings. The Morgan fingerprint density at radius 3 is 2.81 bits per heavy atom. The average molecular weight is 353 g/mol. The number of carbonyl (C=O) groups excluding carboxylic acids is 1. The second-order valence-corrected chi connectivity index (χ2v) is 6.29. The third kappa shape index (κ3) is 3.51. The van der Waals surface area contributed by atoms with Crippen LogP contribution in [-0.2, 0) is 17.8 Å². The quantitative estimate of drug-likeness (QED) is 0.680. The van der Waals surface area contributed by atoms with Gasteiger partial charge in [-0.05, 0) is 31.9 Å². The van der Waals surface area contributed by atoms with Gasteiger partial charge in [0.1, 0.15) is 12.1 Å². The van der Waals surface area contributed by atoms with Gasteiger partial charge in [0.2, 0.25) is 5.91 Å². The van der Waals surface area contributed by atoms with Crippen LogP contribution in [0.5, 0.6) is 5.75 Å². The number of amides is 1. The Balaban J connectivity index is 1.69. The Hall–Kier alpha value is -2.96. The van der Waals surface area contributed by atoms with E-state index in [-0.39, 0.29) is 5.91 Å². The summed E-state index contributed by atoms with van der Waals surface area (Å²) in [4.78, 5) is 22.9. The topological polar surface area (TPSA) is 72.6 Å². The molecule has 0 spiro atoms. The van der Waals surface area contributed by atoms with Crippen LogP contribution in [0.1, 0.15) is 28.9 Å². The van der Waals surface area contributed by atoms with Gasteiger partial charge in [-0.3, -0.25) is 4.79 Å². The van der Waals surface area contributed by atoms with E-state index in [9.17, 15) is 4.79 Å². The molecule has 0 aliphatic heterocycles. The first-order chi connectivity index (χ1) is 12.5. The largest absolute Gasteiger partial charge is 0.496 e. The number of ether oxygens (including phenoxy) is 1. The Morgan fingerprint density at radius 1 is 1.27 bits per heavy atom. The van der Waals surface area contributed by atoms with Crippen molar-refractivity contribution in [1.82, 2.24) is 24.5 Å². The van der Waals surface area contributed by atoms with Crippen molar-refractivity contribution in [2.45, 2.75) is 33.2 Å². The molecule has 0 unspecified atom stereocenters. The lowest BCUT2D eigenvalue weighted by Gasteiger charge is -2.19. The maximum atomic E-state index is 12.6. The number of nitrogens with zero attached hydrogens (tertiary/aromatic N) is 5. The molecule has 3 aromatic rings. The molecule has 1 aromatic carbocycles. The first-order valence-electron chi connectivity index (χ1n) is 8.53. The molecule has 0 atom stereocenters. The smallest absolute Gasteiger partial charge is 0.252 e. The lowest BCUT2D eigenvalue weighted by Crippen LogP contribution is -2.26. The molecule has 0 saturated carbocycles. The molecule has 0 N–H and O–H groups in total. The standard InChI is InChI=1S/C19H23N5O2/c1-13-16(14(2)24-19(22-13)20-12-21-24)9-10-18(25)23(3)11-15-7-5-6-8-17(15)26-4/h5-8,12H,9-11H2,1-4H3. The van der Waals surface area contributed by atoms with Crippen molar-refractivity contribution in [1.29, 1.82) is 0 Å². The predicted molar refractivity (Wildman–Crippen MR) is 98.0 cm³/mol. The predicted octanol–water partition coefficient (Wildman–Crippen LogP) is 2.34. The number of para-hydroxylation sites is 1. The first-order valence-corrected chi connectivity index (χ1v) is 8.53. The monoisotopic (exact) mass is 353 g/mol. The van der Waals surface area contributed by atoms with E-state index in [2.05, 4.69) is 15.1 Å². The van der Waals surface area contributed by atoms with Crippen molar-refractivity contribution in [3.05, 3.63) is 53.1 Å². The molecule has 0 aliphatic rings. The molecule has 136 valence electrons. The number of hydrogen-bond acceptors (Lipinski definition) is 5. The van der Waals surface area contributed by atoms with E-state index in [0.717, 1.165) is 28.3 Å². The number of aryl methyl sites for hydroxylation is 2. The fourth-order valence-electron chi connectivity index (χ4n) is 3.12. The molecule has 0 radical (unpaired) electrons. The molecule has 0 aliphatic carbocycles. The zero-order valence-electron chi connectivity index (χ0n) is 15.6. The highest BCUT2D eigenvalue weighted by Gasteiger charge is 2.15.